The van der Waals surface area contributed by atoms with Crippen LogP contribution in [0.4, 0.5) is 0 Å². The van der Waals surface area contributed by atoms with Crippen LogP contribution in [0.15, 0.2) is 36.9 Å². The summed E-state index contributed by atoms with van der Waals surface area (Å²) < 4.78 is 1.62. The minimum Gasteiger partial charge on any atom is -0.285 e. The van der Waals surface area contributed by atoms with Crippen molar-refractivity contribution in [1.82, 2.24) is 14.8 Å². The summed E-state index contributed by atoms with van der Waals surface area (Å²) >= 11 is 0. The van der Waals surface area contributed by atoms with Crippen LogP contribution in [0.25, 0.3) is 5.69 Å². The van der Waals surface area contributed by atoms with E-state index < -0.39 is 0 Å². The van der Waals surface area contributed by atoms with E-state index in [1.807, 2.05) is 0 Å². The largest absolute Gasteiger partial charge is 0.285 e. The lowest BCUT2D eigenvalue weighted by atomic mass is 10.2. The molecule has 0 N–H and O–H groups in total. The predicted octanol–water partition coefficient (Wildman–Crippen LogP) is 0.725. The van der Waals surface area contributed by atoms with Gasteiger partial charge in [-0.05, 0) is 24.3 Å². The zero-order valence-electron chi connectivity index (χ0n) is 6.71. The van der Waals surface area contributed by atoms with E-state index in [9.17, 15) is 4.79 Å². The normalized spacial score (nSPS) is 9.85. The van der Waals surface area contributed by atoms with Crippen LogP contribution in [0.1, 0.15) is 5.56 Å². The van der Waals surface area contributed by atoms with Crippen molar-refractivity contribution in [2.45, 2.75) is 0 Å². The van der Waals surface area contributed by atoms with Crippen LogP contribution in [0.3, 0.4) is 0 Å². The van der Waals surface area contributed by atoms with Gasteiger partial charge in [0.25, 0.3) is 0 Å². The number of hydrogen-bond donors (Lipinski definition) is 0. The Morgan fingerprint density at radius 1 is 1.23 bits per heavy atom. The molecular formula is C9H6N3O. The maximum absolute atomic E-state index is 10.2. The highest BCUT2D eigenvalue weighted by Gasteiger charge is 1.96. The molecule has 0 saturated carbocycles. The second kappa shape index (κ2) is 3.18. The highest BCUT2D eigenvalue weighted by molar-refractivity contribution is 5.75. The number of hydrogen-bond acceptors (Lipinski definition) is 3. The molecule has 2 aromatic rings. The number of carbonyl (C=O) groups excluding carboxylic acids is 1. The van der Waals surface area contributed by atoms with Gasteiger partial charge in [0.05, 0.1) is 5.69 Å². The predicted molar refractivity (Wildman–Crippen MR) is 46.2 cm³/mol. The zero-order valence-corrected chi connectivity index (χ0v) is 6.71. The maximum Gasteiger partial charge on any atom is 0.233 e. The molecule has 0 aliphatic rings. The molecule has 2 rings (SSSR count). The van der Waals surface area contributed by atoms with Crippen molar-refractivity contribution in [3.63, 3.8) is 0 Å². The molecule has 0 bridgehead atoms. The third kappa shape index (κ3) is 1.46. The molecule has 13 heavy (non-hydrogen) atoms. The Hall–Kier alpha value is -1.97. The van der Waals surface area contributed by atoms with Crippen molar-refractivity contribution in [3.8, 4) is 5.69 Å². The summed E-state index contributed by atoms with van der Waals surface area (Å²) in [5.41, 5.74) is 1.40. The molecule has 63 valence electrons. The van der Waals surface area contributed by atoms with E-state index in [-0.39, 0.29) is 0 Å². The molecule has 0 aliphatic carbocycles. The van der Waals surface area contributed by atoms with E-state index in [2.05, 4.69) is 10.1 Å². The van der Waals surface area contributed by atoms with Crippen molar-refractivity contribution >= 4 is 6.29 Å². The quantitative estimate of drug-likeness (QED) is 0.670. The SMILES string of the molecule is O=[C]c1ccc(-n2cncn2)cc1. The summed E-state index contributed by atoms with van der Waals surface area (Å²) in [6.07, 6.45) is 4.86. The molecular weight excluding hydrogens is 166 g/mol. The maximum atomic E-state index is 10.2. The van der Waals surface area contributed by atoms with E-state index in [0.29, 0.717) is 5.56 Å². The van der Waals surface area contributed by atoms with Crippen LogP contribution in [0.5, 0.6) is 0 Å². The summed E-state index contributed by atoms with van der Waals surface area (Å²) in [4.78, 5) is 14.1. The Morgan fingerprint density at radius 2 is 2.00 bits per heavy atom. The zero-order chi connectivity index (χ0) is 9.10. The lowest BCUT2D eigenvalue weighted by Crippen LogP contribution is -1.93. The molecule has 0 aliphatic heterocycles. The van der Waals surface area contributed by atoms with Gasteiger partial charge in [0.2, 0.25) is 6.29 Å². The van der Waals surface area contributed by atoms with Crippen molar-refractivity contribution in [2.24, 2.45) is 0 Å². The van der Waals surface area contributed by atoms with Gasteiger partial charge >= 0.3 is 0 Å². The third-order valence-electron chi connectivity index (χ3n) is 1.67. The molecule has 0 saturated heterocycles. The molecule has 0 atom stereocenters. The standard InChI is InChI=1S/C9H6N3O/c13-5-8-1-3-9(4-2-8)12-7-10-6-11-12/h1-4,6-7H. The van der Waals surface area contributed by atoms with E-state index in [4.69, 9.17) is 0 Å². The van der Waals surface area contributed by atoms with Crippen LogP contribution in [0.2, 0.25) is 0 Å². The van der Waals surface area contributed by atoms with E-state index in [0.717, 1.165) is 5.69 Å². The second-order valence-corrected chi connectivity index (χ2v) is 2.49. The molecule has 0 amide bonds. The Labute approximate surface area is 74.8 Å². The van der Waals surface area contributed by atoms with Gasteiger partial charge in [-0.15, -0.1) is 0 Å². The highest BCUT2D eigenvalue weighted by atomic mass is 16.1. The van der Waals surface area contributed by atoms with Crippen molar-refractivity contribution < 1.29 is 4.79 Å². The van der Waals surface area contributed by atoms with Gasteiger partial charge in [0.1, 0.15) is 12.7 Å². The van der Waals surface area contributed by atoms with Gasteiger partial charge < -0.3 is 0 Å². The smallest absolute Gasteiger partial charge is 0.233 e. The Bertz CT molecular complexity index is 391. The number of benzene rings is 1. The summed E-state index contributed by atoms with van der Waals surface area (Å²) in [5.74, 6) is 0. The molecule has 1 radical (unpaired) electrons. The van der Waals surface area contributed by atoms with Crippen LogP contribution >= 0.6 is 0 Å². The first-order valence-electron chi connectivity index (χ1n) is 3.73. The second-order valence-electron chi connectivity index (χ2n) is 2.49. The molecule has 0 fully saturated rings. The summed E-state index contributed by atoms with van der Waals surface area (Å²) in [6.45, 7) is 0. The molecule has 4 nitrogen and oxygen atoms in total. The van der Waals surface area contributed by atoms with E-state index >= 15 is 0 Å². The van der Waals surface area contributed by atoms with Crippen LogP contribution in [-0.4, -0.2) is 21.1 Å². The molecule has 1 aromatic heterocycles. The monoisotopic (exact) mass is 172 g/mol. The molecule has 1 heterocycles. The Balaban J connectivity index is 2.38. The van der Waals surface area contributed by atoms with E-state index in [1.165, 1.54) is 6.33 Å². The van der Waals surface area contributed by atoms with Crippen LogP contribution in [-0.2, 0) is 4.79 Å². The molecule has 4 heteroatoms. The lowest BCUT2D eigenvalue weighted by molar-refractivity contribution is 0.563. The average Bonchev–Trinajstić information content (AvgIpc) is 2.71. The van der Waals surface area contributed by atoms with Crippen molar-refractivity contribution in [1.29, 1.82) is 0 Å². The summed E-state index contributed by atoms with van der Waals surface area (Å²) in [7, 11) is 0. The minimum absolute atomic E-state index is 0.531. The van der Waals surface area contributed by atoms with Crippen LogP contribution in [0, 0.1) is 0 Å². The first-order valence-corrected chi connectivity index (χ1v) is 3.73. The van der Waals surface area contributed by atoms with Gasteiger partial charge in [0.15, 0.2) is 0 Å². The van der Waals surface area contributed by atoms with Gasteiger partial charge in [-0.1, -0.05) is 0 Å². The summed E-state index contributed by atoms with van der Waals surface area (Å²) in [6, 6.07) is 6.94. The Morgan fingerprint density at radius 3 is 2.54 bits per heavy atom. The fourth-order valence-corrected chi connectivity index (χ4v) is 1.02. The summed E-state index contributed by atoms with van der Waals surface area (Å²) in [5, 5.41) is 3.95. The van der Waals surface area contributed by atoms with E-state index in [1.54, 1.807) is 41.6 Å². The van der Waals surface area contributed by atoms with Gasteiger partial charge in [-0.3, -0.25) is 4.79 Å². The lowest BCUT2D eigenvalue weighted by Gasteiger charge is -1.98. The van der Waals surface area contributed by atoms with Crippen molar-refractivity contribution in [2.75, 3.05) is 0 Å². The van der Waals surface area contributed by atoms with Crippen molar-refractivity contribution in [3.05, 3.63) is 42.5 Å². The molecule has 1 aromatic carbocycles. The first-order chi connectivity index (χ1) is 6.40. The minimum atomic E-state index is 0.531. The first kappa shape index (κ1) is 7.67. The third-order valence-corrected chi connectivity index (χ3v) is 1.67. The Kier molecular flexibility index (Phi) is 1.88. The average molecular weight is 172 g/mol. The van der Waals surface area contributed by atoms with Gasteiger partial charge in [-0.2, -0.15) is 5.10 Å². The topological polar surface area (TPSA) is 47.8 Å². The van der Waals surface area contributed by atoms with Gasteiger partial charge in [-0.25, -0.2) is 9.67 Å². The van der Waals surface area contributed by atoms with Crippen LogP contribution < -0.4 is 0 Å². The molecule has 0 spiro atoms. The fourth-order valence-electron chi connectivity index (χ4n) is 1.02. The highest BCUT2D eigenvalue weighted by Crippen LogP contribution is 2.05. The number of nitrogens with zero attached hydrogens (tertiary/aromatic N) is 3. The van der Waals surface area contributed by atoms with Gasteiger partial charge in [0, 0.05) is 5.56 Å². The number of aromatic nitrogens is 3. The number of rotatable bonds is 2. The molecule has 0 unspecified atom stereocenters. The fraction of sp³-hybridized carbons (Fsp3) is 0.